The number of benzene rings is 2. The van der Waals surface area contributed by atoms with Crippen molar-refractivity contribution in [1.29, 1.82) is 0 Å². The number of fused-ring (bicyclic) bond motifs is 2. The first-order valence-electron chi connectivity index (χ1n) is 7.32. The van der Waals surface area contributed by atoms with Gasteiger partial charge in [-0.15, -0.1) is 0 Å². The van der Waals surface area contributed by atoms with Crippen LogP contribution >= 0.6 is 15.9 Å². The van der Waals surface area contributed by atoms with E-state index in [4.69, 9.17) is 4.42 Å². The number of aryl methyl sites for hydroxylation is 1. The molecule has 3 heteroatoms. The number of nitrogens with one attached hydrogen (secondary N) is 1. The van der Waals surface area contributed by atoms with Crippen LogP contribution in [0.15, 0.2) is 57.6 Å². The van der Waals surface area contributed by atoms with Crippen LogP contribution in [0, 0.1) is 0 Å². The Hall–Kier alpha value is -1.74. The molecule has 0 aliphatic heterocycles. The Labute approximate surface area is 132 Å². The Morgan fingerprint density at radius 1 is 1.05 bits per heavy atom. The summed E-state index contributed by atoms with van der Waals surface area (Å²) in [7, 11) is 0. The minimum absolute atomic E-state index is 0.361. The fourth-order valence-electron chi connectivity index (χ4n) is 3.14. The van der Waals surface area contributed by atoms with E-state index in [-0.39, 0.29) is 0 Å². The van der Waals surface area contributed by atoms with Crippen molar-refractivity contribution in [2.24, 2.45) is 0 Å². The summed E-state index contributed by atoms with van der Waals surface area (Å²) >= 11 is 3.52. The Balaban J connectivity index is 1.65. The number of furan rings is 1. The van der Waals surface area contributed by atoms with Gasteiger partial charge in [-0.2, -0.15) is 0 Å². The molecule has 1 atom stereocenters. The highest BCUT2D eigenvalue weighted by atomic mass is 79.9. The van der Waals surface area contributed by atoms with Crippen molar-refractivity contribution in [3.05, 3.63) is 64.5 Å². The van der Waals surface area contributed by atoms with Crippen LogP contribution in [0.5, 0.6) is 0 Å². The maximum Gasteiger partial charge on any atom is 0.109 e. The molecule has 1 aliphatic rings. The van der Waals surface area contributed by atoms with E-state index in [2.05, 4.69) is 63.7 Å². The van der Waals surface area contributed by atoms with Gasteiger partial charge in [-0.05, 0) is 53.9 Å². The van der Waals surface area contributed by atoms with Crippen LogP contribution in [0.2, 0.25) is 0 Å². The first-order valence-corrected chi connectivity index (χ1v) is 8.11. The predicted octanol–water partition coefficient (Wildman–Crippen LogP) is 5.68. The van der Waals surface area contributed by atoms with Gasteiger partial charge < -0.3 is 9.73 Å². The van der Waals surface area contributed by atoms with E-state index in [0.29, 0.717) is 6.04 Å². The van der Waals surface area contributed by atoms with E-state index in [1.165, 1.54) is 28.4 Å². The number of halogens is 1. The van der Waals surface area contributed by atoms with E-state index >= 15 is 0 Å². The maximum absolute atomic E-state index is 5.56. The summed E-state index contributed by atoms with van der Waals surface area (Å²) in [5, 5.41) is 6.17. The second-order valence-electron chi connectivity index (χ2n) is 5.59. The molecule has 0 saturated heterocycles. The van der Waals surface area contributed by atoms with Gasteiger partial charge in [-0.3, -0.25) is 0 Å². The second-order valence-corrected chi connectivity index (χ2v) is 6.51. The molecule has 0 radical (unpaired) electrons. The molecule has 4 rings (SSSR count). The molecule has 0 fully saturated rings. The van der Waals surface area contributed by atoms with Crippen LogP contribution in [0.1, 0.15) is 30.2 Å². The number of hydrogen-bond donors (Lipinski definition) is 1. The summed E-state index contributed by atoms with van der Waals surface area (Å²) in [4.78, 5) is 0. The van der Waals surface area contributed by atoms with E-state index in [1.54, 1.807) is 0 Å². The van der Waals surface area contributed by atoms with Crippen LogP contribution in [0.3, 0.4) is 0 Å². The van der Waals surface area contributed by atoms with Gasteiger partial charge in [0.15, 0.2) is 0 Å². The lowest BCUT2D eigenvalue weighted by molar-refractivity contribution is 0.461. The molecule has 1 aliphatic carbocycles. The standard InChI is InChI=1S/C18H16BrNO/c19-14-6-4-13-11-15(7-5-12(13)10-14)20-17-2-1-3-18-16(17)8-9-21-18/h4-11,17,20H,1-3H2. The van der Waals surface area contributed by atoms with Crippen molar-refractivity contribution in [1.82, 2.24) is 0 Å². The molecule has 1 aromatic heterocycles. The molecular formula is C18H16BrNO. The molecule has 0 spiro atoms. The van der Waals surface area contributed by atoms with Crippen LogP contribution in [-0.2, 0) is 6.42 Å². The van der Waals surface area contributed by atoms with Gasteiger partial charge in [0.2, 0.25) is 0 Å². The van der Waals surface area contributed by atoms with Crippen LogP contribution < -0.4 is 5.32 Å². The molecule has 0 saturated carbocycles. The molecule has 1 unspecified atom stereocenters. The zero-order valence-corrected chi connectivity index (χ0v) is 13.2. The third-order valence-electron chi connectivity index (χ3n) is 4.20. The fourth-order valence-corrected chi connectivity index (χ4v) is 3.52. The van der Waals surface area contributed by atoms with Gasteiger partial charge in [-0.25, -0.2) is 0 Å². The van der Waals surface area contributed by atoms with E-state index < -0.39 is 0 Å². The molecule has 106 valence electrons. The van der Waals surface area contributed by atoms with Crippen molar-refractivity contribution >= 4 is 32.4 Å². The molecule has 1 N–H and O–H groups in total. The molecule has 2 aromatic carbocycles. The lowest BCUT2D eigenvalue weighted by Gasteiger charge is -2.24. The SMILES string of the molecule is Brc1ccc2cc(NC3CCCc4occc43)ccc2c1. The number of anilines is 1. The summed E-state index contributed by atoms with van der Waals surface area (Å²) in [6.07, 6.45) is 5.21. The van der Waals surface area contributed by atoms with Gasteiger partial charge in [0.25, 0.3) is 0 Å². The monoisotopic (exact) mass is 341 g/mol. The highest BCUT2D eigenvalue weighted by molar-refractivity contribution is 9.10. The molecule has 2 nitrogen and oxygen atoms in total. The highest BCUT2D eigenvalue weighted by Gasteiger charge is 2.22. The number of hydrogen-bond acceptors (Lipinski definition) is 2. The topological polar surface area (TPSA) is 25.2 Å². The first-order chi connectivity index (χ1) is 10.3. The van der Waals surface area contributed by atoms with Gasteiger partial charge in [-0.1, -0.05) is 28.1 Å². The molecular weight excluding hydrogens is 326 g/mol. The third-order valence-corrected chi connectivity index (χ3v) is 4.69. The predicted molar refractivity (Wildman–Crippen MR) is 89.7 cm³/mol. The quantitative estimate of drug-likeness (QED) is 0.648. The summed E-state index contributed by atoms with van der Waals surface area (Å²) in [6, 6.07) is 15.4. The zero-order chi connectivity index (χ0) is 14.2. The lowest BCUT2D eigenvalue weighted by atomic mass is 9.93. The Morgan fingerprint density at radius 2 is 1.90 bits per heavy atom. The number of rotatable bonds is 2. The first kappa shape index (κ1) is 13.0. The zero-order valence-electron chi connectivity index (χ0n) is 11.6. The molecule has 3 aromatic rings. The summed E-state index contributed by atoms with van der Waals surface area (Å²) in [5.74, 6) is 1.14. The smallest absolute Gasteiger partial charge is 0.109 e. The van der Waals surface area contributed by atoms with E-state index in [0.717, 1.165) is 23.1 Å². The van der Waals surface area contributed by atoms with Crippen LogP contribution in [-0.4, -0.2) is 0 Å². The molecule has 21 heavy (non-hydrogen) atoms. The molecule has 0 bridgehead atoms. The Bertz CT molecular complexity index is 793. The highest BCUT2D eigenvalue weighted by Crippen LogP contribution is 2.34. The van der Waals surface area contributed by atoms with Crippen molar-refractivity contribution in [3.63, 3.8) is 0 Å². The van der Waals surface area contributed by atoms with Gasteiger partial charge in [0, 0.05) is 22.1 Å². The molecule has 1 heterocycles. The second kappa shape index (κ2) is 5.23. The summed E-state index contributed by atoms with van der Waals surface area (Å²) < 4.78 is 6.68. The minimum Gasteiger partial charge on any atom is -0.469 e. The van der Waals surface area contributed by atoms with Crippen molar-refractivity contribution in [2.75, 3.05) is 5.32 Å². The van der Waals surface area contributed by atoms with Crippen LogP contribution in [0.4, 0.5) is 5.69 Å². The van der Waals surface area contributed by atoms with Crippen LogP contribution in [0.25, 0.3) is 10.8 Å². The van der Waals surface area contributed by atoms with E-state index in [9.17, 15) is 0 Å². The fraction of sp³-hybridized carbons (Fsp3) is 0.222. The average Bonchev–Trinajstić information content (AvgIpc) is 2.97. The van der Waals surface area contributed by atoms with Gasteiger partial charge in [0.1, 0.15) is 5.76 Å². The van der Waals surface area contributed by atoms with Gasteiger partial charge in [0.05, 0.1) is 12.3 Å². The van der Waals surface area contributed by atoms with E-state index in [1.807, 2.05) is 6.26 Å². The lowest BCUT2D eigenvalue weighted by Crippen LogP contribution is -2.15. The van der Waals surface area contributed by atoms with Gasteiger partial charge >= 0.3 is 0 Å². The summed E-state index contributed by atoms with van der Waals surface area (Å²) in [6.45, 7) is 0. The van der Waals surface area contributed by atoms with Crippen molar-refractivity contribution in [3.8, 4) is 0 Å². The Morgan fingerprint density at radius 3 is 2.86 bits per heavy atom. The largest absolute Gasteiger partial charge is 0.469 e. The minimum atomic E-state index is 0.361. The molecule has 0 amide bonds. The van der Waals surface area contributed by atoms with Crippen molar-refractivity contribution < 1.29 is 4.42 Å². The normalized spacial score (nSPS) is 17.7. The average molecular weight is 342 g/mol. The summed E-state index contributed by atoms with van der Waals surface area (Å²) in [5.41, 5.74) is 2.49. The van der Waals surface area contributed by atoms with Crippen molar-refractivity contribution in [2.45, 2.75) is 25.3 Å². The third kappa shape index (κ3) is 2.46. The maximum atomic E-state index is 5.56. The Kier molecular flexibility index (Phi) is 3.23.